The van der Waals surface area contributed by atoms with Crippen LogP contribution in [-0.2, 0) is 0 Å². The third-order valence-corrected chi connectivity index (χ3v) is 1.60. The van der Waals surface area contributed by atoms with Gasteiger partial charge in [-0.25, -0.2) is 0 Å². The van der Waals surface area contributed by atoms with Crippen LogP contribution >= 0.6 is 19.8 Å². The first kappa shape index (κ1) is 5.69. The number of alkyl halides is 3. The standard InChI is InChI=1S/C3H9IO/c1-4(2)3-5/h5H,3H2,1-2H3. The summed E-state index contributed by atoms with van der Waals surface area (Å²) in [6.45, 7) is 0. The second-order valence-electron chi connectivity index (χ2n) is 1.03. The van der Waals surface area contributed by atoms with Crippen LogP contribution in [0, 0.1) is 0 Å². The molecular formula is C3H9IO. The number of halogens is 1. The van der Waals surface area contributed by atoms with Crippen molar-refractivity contribution in [1.82, 2.24) is 0 Å². The van der Waals surface area contributed by atoms with Gasteiger partial charge in [-0.2, -0.15) is 0 Å². The van der Waals surface area contributed by atoms with E-state index in [1.54, 1.807) is 0 Å². The van der Waals surface area contributed by atoms with E-state index in [2.05, 4.69) is 9.86 Å². The Morgan fingerprint density at radius 2 is 1.80 bits per heavy atom. The summed E-state index contributed by atoms with van der Waals surface area (Å²) in [5.41, 5.74) is 0. The van der Waals surface area contributed by atoms with Crippen molar-refractivity contribution in [2.24, 2.45) is 0 Å². The molecule has 0 aliphatic carbocycles. The third-order valence-electron chi connectivity index (χ3n) is 0.239. The number of hydrogen-bond donors (Lipinski definition) is 1. The maximum atomic E-state index is 8.21. The second kappa shape index (κ2) is 2.90. The van der Waals surface area contributed by atoms with Gasteiger partial charge in [-0.3, -0.25) is 0 Å². The molecule has 34 valence electrons. The van der Waals surface area contributed by atoms with E-state index in [9.17, 15) is 0 Å². The van der Waals surface area contributed by atoms with Crippen LogP contribution in [0.1, 0.15) is 0 Å². The van der Waals surface area contributed by atoms with Gasteiger partial charge in [0.05, 0.1) is 0 Å². The normalized spacial score (nSPS) is 11.4. The van der Waals surface area contributed by atoms with Crippen LogP contribution in [0.2, 0.25) is 0 Å². The zero-order valence-corrected chi connectivity index (χ0v) is 5.69. The Bertz CT molecular complexity index is 20.9. The Hall–Kier alpha value is 0.690. The molecule has 0 radical (unpaired) electrons. The van der Waals surface area contributed by atoms with Crippen molar-refractivity contribution in [2.75, 3.05) is 14.5 Å². The average molecular weight is 188 g/mol. The van der Waals surface area contributed by atoms with Crippen LogP contribution in [0.5, 0.6) is 0 Å². The first-order chi connectivity index (χ1) is 2.27. The maximum absolute atomic E-state index is 8.21. The van der Waals surface area contributed by atoms with Crippen LogP contribution in [0.15, 0.2) is 0 Å². The summed E-state index contributed by atoms with van der Waals surface area (Å²) in [7, 11) is 0. The Kier molecular flexibility index (Phi) is 3.30. The number of hydrogen-bond acceptors (Lipinski definition) is 1. The van der Waals surface area contributed by atoms with Crippen molar-refractivity contribution < 1.29 is 5.11 Å². The molecule has 0 rings (SSSR count). The van der Waals surface area contributed by atoms with Crippen LogP contribution in [0.3, 0.4) is 0 Å². The van der Waals surface area contributed by atoms with Crippen LogP contribution in [0.4, 0.5) is 0 Å². The molecule has 0 spiro atoms. The van der Waals surface area contributed by atoms with Crippen LogP contribution in [0.25, 0.3) is 0 Å². The molecule has 0 saturated carbocycles. The fourth-order valence-electron chi connectivity index (χ4n) is 0. The molecule has 0 heterocycles. The van der Waals surface area contributed by atoms with E-state index < -0.39 is 19.8 Å². The van der Waals surface area contributed by atoms with Gasteiger partial charge >= 0.3 is 39.4 Å². The summed E-state index contributed by atoms with van der Waals surface area (Å²) in [6.07, 6.45) is 0. The van der Waals surface area contributed by atoms with Crippen molar-refractivity contribution >= 4 is 19.8 Å². The third kappa shape index (κ3) is 4.69. The van der Waals surface area contributed by atoms with Crippen molar-refractivity contribution in [3.63, 3.8) is 0 Å². The van der Waals surface area contributed by atoms with Crippen molar-refractivity contribution in [1.29, 1.82) is 0 Å². The van der Waals surface area contributed by atoms with Crippen LogP contribution < -0.4 is 0 Å². The Morgan fingerprint density at radius 1 is 1.60 bits per heavy atom. The molecule has 0 bridgehead atoms. The van der Waals surface area contributed by atoms with E-state index >= 15 is 0 Å². The molecule has 0 aromatic rings. The number of rotatable bonds is 1. The summed E-state index contributed by atoms with van der Waals surface area (Å²) < 4.78 is 0.462. The van der Waals surface area contributed by atoms with Gasteiger partial charge in [-0.1, -0.05) is 0 Å². The summed E-state index contributed by atoms with van der Waals surface area (Å²) in [5, 5.41) is 8.21. The van der Waals surface area contributed by atoms with Crippen LogP contribution in [-0.4, -0.2) is 19.6 Å². The van der Waals surface area contributed by atoms with Crippen molar-refractivity contribution in [3.05, 3.63) is 0 Å². The molecule has 0 atom stereocenters. The molecule has 5 heavy (non-hydrogen) atoms. The molecule has 0 unspecified atom stereocenters. The van der Waals surface area contributed by atoms with Gasteiger partial charge < -0.3 is 0 Å². The summed E-state index contributed by atoms with van der Waals surface area (Å²) in [4.78, 5) is 4.26. The fourth-order valence-corrected chi connectivity index (χ4v) is 0. The summed E-state index contributed by atoms with van der Waals surface area (Å²) in [5.74, 6) is 0. The van der Waals surface area contributed by atoms with Gasteiger partial charge in [-0.05, 0) is 0 Å². The van der Waals surface area contributed by atoms with Crippen molar-refractivity contribution in [2.45, 2.75) is 0 Å². The SMILES string of the molecule is CI(C)CO. The molecule has 0 saturated heterocycles. The monoisotopic (exact) mass is 188 g/mol. The van der Waals surface area contributed by atoms with Gasteiger partial charge in [0.2, 0.25) is 0 Å². The van der Waals surface area contributed by atoms with E-state index in [1.807, 2.05) is 0 Å². The first-order valence-electron chi connectivity index (χ1n) is 1.34. The van der Waals surface area contributed by atoms with Gasteiger partial charge in [0, 0.05) is 0 Å². The molecule has 1 N–H and O–H groups in total. The molecule has 0 amide bonds. The minimum absolute atomic E-state index is 0.462. The number of aliphatic hydroxyl groups is 1. The van der Waals surface area contributed by atoms with E-state index in [0.717, 1.165) is 0 Å². The first-order valence-corrected chi connectivity index (χ1v) is 7.18. The molecule has 0 aliphatic heterocycles. The zero-order valence-electron chi connectivity index (χ0n) is 3.53. The van der Waals surface area contributed by atoms with E-state index in [-0.39, 0.29) is 0 Å². The Balaban J connectivity index is 2.54. The summed E-state index contributed by atoms with van der Waals surface area (Å²) in [6, 6.07) is 0. The van der Waals surface area contributed by atoms with E-state index in [4.69, 9.17) is 5.11 Å². The van der Waals surface area contributed by atoms with Gasteiger partial charge in [0.1, 0.15) is 0 Å². The molecule has 0 fully saturated rings. The Morgan fingerprint density at radius 3 is 1.80 bits per heavy atom. The molecule has 0 aromatic heterocycles. The topological polar surface area (TPSA) is 20.2 Å². The zero-order chi connectivity index (χ0) is 4.28. The molecular weight excluding hydrogens is 179 g/mol. The minimum atomic E-state index is -0.726. The summed E-state index contributed by atoms with van der Waals surface area (Å²) >= 11 is -0.726. The predicted molar refractivity (Wildman–Crippen MR) is 33.0 cm³/mol. The second-order valence-corrected chi connectivity index (χ2v) is 6.92. The van der Waals surface area contributed by atoms with E-state index in [1.165, 1.54) is 0 Å². The van der Waals surface area contributed by atoms with E-state index in [0.29, 0.717) is 4.61 Å². The molecule has 0 aliphatic rings. The Labute approximate surface area is 39.8 Å². The number of aliphatic hydroxyl groups excluding tert-OH is 1. The van der Waals surface area contributed by atoms with Crippen molar-refractivity contribution in [3.8, 4) is 0 Å². The molecule has 2 heteroatoms. The van der Waals surface area contributed by atoms with Gasteiger partial charge in [0.25, 0.3) is 0 Å². The average Bonchev–Trinajstić information content (AvgIpc) is 1.38. The van der Waals surface area contributed by atoms with Gasteiger partial charge in [0.15, 0.2) is 0 Å². The quantitative estimate of drug-likeness (QED) is 0.474. The fraction of sp³-hybridized carbons (Fsp3) is 1.00. The van der Waals surface area contributed by atoms with Gasteiger partial charge in [-0.15, -0.1) is 0 Å². The predicted octanol–water partition coefficient (Wildman–Crippen LogP) is 0.702. The molecule has 0 aromatic carbocycles. The molecule has 1 nitrogen and oxygen atoms in total.